The van der Waals surface area contributed by atoms with E-state index in [-0.39, 0.29) is 4.90 Å². The summed E-state index contributed by atoms with van der Waals surface area (Å²) in [4.78, 5) is 4.33. The molecule has 0 amide bonds. The summed E-state index contributed by atoms with van der Waals surface area (Å²) >= 11 is 0. The first-order valence-electron chi connectivity index (χ1n) is 7.30. The third kappa shape index (κ3) is 2.50. The van der Waals surface area contributed by atoms with Gasteiger partial charge in [0.05, 0.1) is 30.1 Å². The van der Waals surface area contributed by atoms with Crippen molar-refractivity contribution in [1.82, 2.24) is 8.96 Å². The van der Waals surface area contributed by atoms with Crippen molar-refractivity contribution in [3.8, 4) is 11.5 Å². The Bertz CT molecular complexity index is 1020. The first-order chi connectivity index (χ1) is 11.4. The number of hydrogen-bond acceptors (Lipinski definition) is 5. The molecular weight excluding hydrogens is 328 g/mol. The van der Waals surface area contributed by atoms with E-state index in [0.717, 1.165) is 11.1 Å². The lowest BCUT2D eigenvalue weighted by molar-refractivity contribution is 0.354. The van der Waals surface area contributed by atoms with Crippen LogP contribution in [0.15, 0.2) is 41.6 Å². The molecule has 0 aliphatic carbocycles. The number of fused-ring (bicyclic) bond motifs is 1. The molecule has 0 fully saturated rings. The molecule has 0 radical (unpaired) electrons. The number of hydrogen-bond donors (Lipinski definition) is 0. The fraction of sp³-hybridized carbons (Fsp3) is 0.235. The van der Waals surface area contributed by atoms with Crippen molar-refractivity contribution in [3.05, 3.63) is 47.8 Å². The van der Waals surface area contributed by atoms with E-state index in [1.807, 2.05) is 26.0 Å². The minimum Gasteiger partial charge on any atom is -0.493 e. The maximum Gasteiger partial charge on any atom is 0.269 e. The Kier molecular flexibility index (Phi) is 3.96. The number of nitrogens with zero attached hydrogens (tertiary/aromatic N) is 2. The Morgan fingerprint density at radius 2 is 1.62 bits per heavy atom. The molecule has 2 aromatic carbocycles. The van der Waals surface area contributed by atoms with Gasteiger partial charge in [-0.05, 0) is 49.2 Å². The van der Waals surface area contributed by atoms with Gasteiger partial charge in [-0.3, -0.25) is 0 Å². The first kappa shape index (κ1) is 16.3. The van der Waals surface area contributed by atoms with Gasteiger partial charge in [-0.25, -0.2) is 17.4 Å². The summed E-state index contributed by atoms with van der Waals surface area (Å²) in [6.45, 7) is 3.91. The highest BCUT2D eigenvalue weighted by molar-refractivity contribution is 7.90. The fourth-order valence-electron chi connectivity index (χ4n) is 2.52. The monoisotopic (exact) mass is 346 g/mol. The average molecular weight is 346 g/mol. The summed E-state index contributed by atoms with van der Waals surface area (Å²) in [5, 5.41) is 0. The van der Waals surface area contributed by atoms with Crippen LogP contribution in [-0.2, 0) is 10.0 Å². The van der Waals surface area contributed by atoms with Crippen LogP contribution in [0.4, 0.5) is 0 Å². The minimum atomic E-state index is -3.79. The Balaban J connectivity index is 2.20. The third-order valence-electron chi connectivity index (χ3n) is 4.04. The molecule has 0 aliphatic rings. The molecule has 3 rings (SSSR count). The number of aryl methyl sites for hydroxylation is 2. The molecule has 0 saturated heterocycles. The number of imidazole rings is 1. The van der Waals surface area contributed by atoms with E-state index in [1.165, 1.54) is 36.7 Å². The van der Waals surface area contributed by atoms with Crippen LogP contribution in [0.2, 0.25) is 0 Å². The number of ether oxygens (including phenoxy) is 2. The summed E-state index contributed by atoms with van der Waals surface area (Å²) in [5.74, 6) is 0.827. The van der Waals surface area contributed by atoms with Crippen LogP contribution in [0, 0.1) is 13.8 Å². The van der Waals surface area contributed by atoms with E-state index in [9.17, 15) is 8.42 Å². The van der Waals surface area contributed by atoms with Crippen molar-refractivity contribution in [1.29, 1.82) is 0 Å². The molecule has 0 spiro atoms. The lowest BCUT2D eigenvalue weighted by Crippen LogP contribution is -2.12. The van der Waals surface area contributed by atoms with Crippen LogP contribution in [0.25, 0.3) is 11.0 Å². The van der Waals surface area contributed by atoms with Crippen LogP contribution in [0.3, 0.4) is 0 Å². The Hall–Kier alpha value is -2.54. The highest BCUT2D eigenvalue weighted by Gasteiger charge is 2.22. The molecule has 6 nitrogen and oxygen atoms in total. The Labute approximate surface area is 140 Å². The van der Waals surface area contributed by atoms with E-state index >= 15 is 0 Å². The van der Waals surface area contributed by atoms with Gasteiger partial charge in [0, 0.05) is 6.07 Å². The standard InChI is InChI=1S/C17H18N2O4S/c1-11-7-14-15(8-12(11)2)19(10-18-14)24(20,21)13-5-6-16(22-3)17(9-13)23-4/h5-10H,1-4H3. The van der Waals surface area contributed by atoms with E-state index < -0.39 is 10.0 Å². The second-order valence-electron chi connectivity index (χ2n) is 5.49. The van der Waals surface area contributed by atoms with Crippen LogP contribution < -0.4 is 9.47 Å². The fourth-order valence-corrected chi connectivity index (χ4v) is 3.82. The molecule has 0 saturated carbocycles. The lowest BCUT2D eigenvalue weighted by Gasteiger charge is -2.11. The minimum absolute atomic E-state index is 0.109. The highest BCUT2D eigenvalue weighted by atomic mass is 32.2. The van der Waals surface area contributed by atoms with Crippen molar-refractivity contribution in [2.75, 3.05) is 14.2 Å². The zero-order chi connectivity index (χ0) is 17.5. The van der Waals surface area contributed by atoms with Gasteiger partial charge in [0.1, 0.15) is 6.33 Å². The predicted molar refractivity (Wildman–Crippen MR) is 91.3 cm³/mol. The number of benzene rings is 2. The van der Waals surface area contributed by atoms with E-state index in [2.05, 4.69) is 4.98 Å². The molecule has 3 aromatic rings. The van der Waals surface area contributed by atoms with Gasteiger partial charge in [-0.1, -0.05) is 0 Å². The van der Waals surface area contributed by atoms with Gasteiger partial charge in [0.15, 0.2) is 11.5 Å². The van der Waals surface area contributed by atoms with E-state index in [1.54, 1.807) is 6.07 Å². The quantitative estimate of drug-likeness (QED) is 0.726. The highest BCUT2D eigenvalue weighted by Crippen LogP contribution is 2.31. The summed E-state index contributed by atoms with van der Waals surface area (Å²) < 4.78 is 37.5. The second-order valence-corrected chi connectivity index (χ2v) is 7.30. The number of aromatic nitrogens is 2. The molecule has 24 heavy (non-hydrogen) atoms. The topological polar surface area (TPSA) is 70.4 Å². The van der Waals surface area contributed by atoms with Gasteiger partial charge in [-0.2, -0.15) is 0 Å². The summed E-state index contributed by atoms with van der Waals surface area (Å²) in [6, 6.07) is 8.21. The second kappa shape index (κ2) is 5.83. The maximum atomic E-state index is 13.0. The van der Waals surface area contributed by atoms with E-state index in [4.69, 9.17) is 9.47 Å². The average Bonchev–Trinajstić information content (AvgIpc) is 2.97. The zero-order valence-electron chi connectivity index (χ0n) is 13.9. The molecule has 1 aromatic heterocycles. The number of methoxy groups -OCH3 is 2. The smallest absolute Gasteiger partial charge is 0.269 e. The molecule has 0 N–H and O–H groups in total. The lowest BCUT2D eigenvalue weighted by atomic mass is 10.1. The molecule has 1 heterocycles. The first-order valence-corrected chi connectivity index (χ1v) is 8.74. The van der Waals surface area contributed by atoms with Crippen LogP contribution in [0.5, 0.6) is 11.5 Å². The molecule has 0 unspecified atom stereocenters. The molecule has 0 atom stereocenters. The van der Waals surface area contributed by atoms with Crippen molar-refractivity contribution >= 4 is 21.1 Å². The van der Waals surface area contributed by atoms with Crippen LogP contribution >= 0.6 is 0 Å². The largest absolute Gasteiger partial charge is 0.493 e. The van der Waals surface area contributed by atoms with Crippen molar-refractivity contribution in [3.63, 3.8) is 0 Å². The molecule has 0 bridgehead atoms. The van der Waals surface area contributed by atoms with Crippen molar-refractivity contribution < 1.29 is 17.9 Å². The van der Waals surface area contributed by atoms with Gasteiger partial charge >= 0.3 is 0 Å². The number of rotatable bonds is 4. The van der Waals surface area contributed by atoms with Crippen LogP contribution in [-0.4, -0.2) is 31.6 Å². The normalized spacial score (nSPS) is 11.7. The molecule has 0 aliphatic heterocycles. The van der Waals surface area contributed by atoms with Crippen molar-refractivity contribution in [2.24, 2.45) is 0 Å². The van der Waals surface area contributed by atoms with Crippen molar-refractivity contribution in [2.45, 2.75) is 18.7 Å². The van der Waals surface area contributed by atoms with Gasteiger partial charge in [-0.15, -0.1) is 0 Å². The van der Waals surface area contributed by atoms with Crippen LogP contribution in [0.1, 0.15) is 11.1 Å². The third-order valence-corrected chi connectivity index (χ3v) is 5.70. The summed E-state index contributed by atoms with van der Waals surface area (Å²) in [7, 11) is -0.825. The summed E-state index contributed by atoms with van der Waals surface area (Å²) in [5.41, 5.74) is 3.26. The molecule has 7 heteroatoms. The van der Waals surface area contributed by atoms with Gasteiger partial charge < -0.3 is 9.47 Å². The zero-order valence-corrected chi connectivity index (χ0v) is 14.7. The van der Waals surface area contributed by atoms with Gasteiger partial charge in [0.25, 0.3) is 10.0 Å². The molecular formula is C17H18N2O4S. The van der Waals surface area contributed by atoms with E-state index in [0.29, 0.717) is 22.5 Å². The summed E-state index contributed by atoms with van der Waals surface area (Å²) in [6.07, 6.45) is 1.33. The Morgan fingerprint density at radius 3 is 2.29 bits per heavy atom. The Morgan fingerprint density at radius 1 is 0.958 bits per heavy atom. The maximum absolute atomic E-state index is 13.0. The molecule has 126 valence electrons. The SMILES string of the molecule is COc1ccc(S(=O)(=O)n2cnc3cc(C)c(C)cc32)cc1OC. The van der Waals surface area contributed by atoms with Gasteiger partial charge in [0.2, 0.25) is 0 Å². The predicted octanol–water partition coefficient (Wildman–Crippen LogP) is 2.91.